The van der Waals surface area contributed by atoms with Gasteiger partial charge in [0.2, 0.25) is 0 Å². The number of aryl methyl sites for hydroxylation is 1. The predicted octanol–water partition coefficient (Wildman–Crippen LogP) is 2.83. The molecule has 0 saturated heterocycles. The first-order valence-electron chi connectivity index (χ1n) is 7.32. The van der Waals surface area contributed by atoms with Gasteiger partial charge in [0.05, 0.1) is 4.92 Å². The van der Waals surface area contributed by atoms with Gasteiger partial charge >= 0.3 is 0 Å². The molecular formula is C16H20N4O3. The van der Waals surface area contributed by atoms with E-state index in [-0.39, 0.29) is 5.69 Å². The average Bonchev–Trinajstić information content (AvgIpc) is 2.54. The summed E-state index contributed by atoms with van der Waals surface area (Å²) in [5.74, 6) is 1.28. The molecule has 122 valence electrons. The summed E-state index contributed by atoms with van der Waals surface area (Å²) < 4.78 is 5.06. The molecule has 1 heterocycles. The molecule has 0 radical (unpaired) electrons. The Morgan fingerprint density at radius 1 is 1.30 bits per heavy atom. The minimum atomic E-state index is -0.420. The van der Waals surface area contributed by atoms with Gasteiger partial charge in [0, 0.05) is 56.8 Å². The lowest BCUT2D eigenvalue weighted by molar-refractivity contribution is -0.384. The Kier molecular flexibility index (Phi) is 5.59. The fourth-order valence-corrected chi connectivity index (χ4v) is 2.20. The van der Waals surface area contributed by atoms with E-state index in [2.05, 4.69) is 9.97 Å². The average molecular weight is 316 g/mol. The smallest absolute Gasteiger partial charge is 0.270 e. The van der Waals surface area contributed by atoms with Gasteiger partial charge in [-0.15, -0.1) is 0 Å². The number of nitro benzene ring substituents is 1. The van der Waals surface area contributed by atoms with Crippen LogP contribution in [0.15, 0.2) is 30.3 Å². The van der Waals surface area contributed by atoms with E-state index in [1.165, 1.54) is 12.1 Å². The van der Waals surface area contributed by atoms with Crippen molar-refractivity contribution in [1.82, 2.24) is 9.97 Å². The number of benzene rings is 1. The number of anilines is 1. The Hall–Kier alpha value is -2.54. The zero-order valence-corrected chi connectivity index (χ0v) is 13.5. The molecule has 0 spiro atoms. The second kappa shape index (κ2) is 7.64. The van der Waals surface area contributed by atoms with Gasteiger partial charge in [0.25, 0.3) is 5.69 Å². The second-order valence-electron chi connectivity index (χ2n) is 5.27. The van der Waals surface area contributed by atoms with E-state index in [4.69, 9.17) is 4.74 Å². The van der Waals surface area contributed by atoms with Crippen molar-refractivity contribution in [3.8, 4) is 11.4 Å². The van der Waals surface area contributed by atoms with Crippen LogP contribution < -0.4 is 4.90 Å². The lowest BCUT2D eigenvalue weighted by Crippen LogP contribution is -2.21. The molecule has 0 bridgehead atoms. The van der Waals surface area contributed by atoms with Crippen LogP contribution in [-0.2, 0) is 4.74 Å². The molecule has 0 atom stereocenters. The van der Waals surface area contributed by atoms with Crippen LogP contribution >= 0.6 is 0 Å². The minimum absolute atomic E-state index is 0.0302. The molecule has 0 aliphatic rings. The van der Waals surface area contributed by atoms with Gasteiger partial charge in [-0.25, -0.2) is 9.97 Å². The highest BCUT2D eigenvalue weighted by Gasteiger charge is 2.12. The van der Waals surface area contributed by atoms with Crippen molar-refractivity contribution in [2.75, 3.05) is 32.2 Å². The van der Waals surface area contributed by atoms with E-state index in [0.717, 1.165) is 24.5 Å². The Labute approximate surface area is 135 Å². The van der Waals surface area contributed by atoms with Crippen LogP contribution in [-0.4, -0.2) is 42.2 Å². The highest BCUT2D eigenvalue weighted by atomic mass is 16.6. The first kappa shape index (κ1) is 16.8. The summed E-state index contributed by atoms with van der Waals surface area (Å²) >= 11 is 0. The van der Waals surface area contributed by atoms with E-state index in [0.29, 0.717) is 18.0 Å². The van der Waals surface area contributed by atoms with Gasteiger partial charge < -0.3 is 9.64 Å². The summed E-state index contributed by atoms with van der Waals surface area (Å²) in [7, 11) is 3.63. The van der Waals surface area contributed by atoms with Crippen molar-refractivity contribution < 1.29 is 9.66 Å². The molecule has 0 amide bonds. The molecule has 23 heavy (non-hydrogen) atoms. The van der Waals surface area contributed by atoms with E-state index in [1.54, 1.807) is 19.2 Å². The molecule has 0 aliphatic carbocycles. The van der Waals surface area contributed by atoms with Crippen LogP contribution in [0.25, 0.3) is 11.4 Å². The monoisotopic (exact) mass is 316 g/mol. The number of rotatable bonds is 7. The molecular weight excluding hydrogens is 296 g/mol. The van der Waals surface area contributed by atoms with Crippen LogP contribution in [0.1, 0.15) is 12.1 Å². The molecule has 0 unspecified atom stereocenters. The molecule has 1 aromatic heterocycles. The van der Waals surface area contributed by atoms with Crippen molar-refractivity contribution in [3.63, 3.8) is 0 Å². The van der Waals surface area contributed by atoms with Gasteiger partial charge in [-0.3, -0.25) is 10.1 Å². The molecule has 1 aromatic carbocycles. The van der Waals surface area contributed by atoms with Crippen molar-refractivity contribution in [2.45, 2.75) is 13.3 Å². The number of nitrogens with zero attached hydrogens (tertiary/aromatic N) is 4. The summed E-state index contributed by atoms with van der Waals surface area (Å²) in [6, 6.07) is 8.26. The molecule has 2 aromatic rings. The predicted molar refractivity (Wildman–Crippen MR) is 88.6 cm³/mol. The Morgan fingerprint density at radius 3 is 2.78 bits per heavy atom. The van der Waals surface area contributed by atoms with Crippen LogP contribution in [0.2, 0.25) is 0 Å². The van der Waals surface area contributed by atoms with E-state index >= 15 is 0 Å². The summed E-state index contributed by atoms with van der Waals surface area (Å²) in [5.41, 5.74) is 1.48. The Bertz CT molecular complexity index is 691. The molecule has 7 heteroatoms. The number of methoxy groups -OCH3 is 1. The van der Waals surface area contributed by atoms with Crippen LogP contribution in [0.3, 0.4) is 0 Å². The maximum Gasteiger partial charge on any atom is 0.270 e. The molecule has 0 aliphatic heterocycles. The summed E-state index contributed by atoms with van der Waals surface area (Å²) in [6.07, 6.45) is 0.891. The van der Waals surface area contributed by atoms with Crippen molar-refractivity contribution in [1.29, 1.82) is 0 Å². The Balaban J connectivity index is 2.29. The number of ether oxygens (including phenoxy) is 1. The SMILES string of the molecule is COCCCN(C)c1cc(C)nc(-c2cccc([N+](=O)[O-])c2)n1. The first-order chi connectivity index (χ1) is 11.0. The zero-order valence-electron chi connectivity index (χ0n) is 13.5. The summed E-state index contributed by atoms with van der Waals surface area (Å²) in [4.78, 5) is 21.5. The number of hydrogen-bond donors (Lipinski definition) is 0. The first-order valence-corrected chi connectivity index (χ1v) is 7.32. The largest absolute Gasteiger partial charge is 0.385 e. The molecule has 7 nitrogen and oxygen atoms in total. The fraction of sp³-hybridized carbons (Fsp3) is 0.375. The Morgan fingerprint density at radius 2 is 2.09 bits per heavy atom. The van der Waals surface area contributed by atoms with Gasteiger partial charge in [-0.2, -0.15) is 0 Å². The van der Waals surface area contributed by atoms with Crippen LogP contribution in [0, 0.1) is 17.0 Å². The maximum absolute atomic E-state index is 10.9. The number of nitro groups is 1. The highest BCUT2D eigenvalue weighted by molar-refractivity contribution is 5.61. The van der Waals surface area contributed by atoms with Crippen molar-refractivity contribution in [3.05, 3.63) is 46.1 Å². The van der Waals surface area contributed by atoms with E-state index < -0.39 is 4.92 Å². The van der Waals surface area contributed by atoms with Crippen molar-refractivity contribution >= 4 is 11.5 Å². The number of aromatic nitrogens is 2. The third kappa shape index (κ3) is 4.46. The normalized spacial score (nSPS) is 10.6. The molecule has 0 N–H and O–H groups in total. The minimum Gasteiger partial charge on any atom is -0.385 e. The standard InChI is InChI=1S/C16H20N4O3/c1-12-10-15(19(2)8-5-9-23-3)18-16(17-12)13-6-4-7-14(11-13)20(21)22/h4,6-7,10-11H,5,8-9H2,1-3H3. The quantitative estimate of drug-likeness (QED) is 0.444. The third-order valence-corrected chi connectivity index (χ3v) is 3.39. The van der Waals surface area contributed by atoms with Gasteiger partial charge in [0.15, 0.2) is 5.82 Å². The van der Waals surface area contributed by atoms with Crippen LogP contribution in [0.5, 0.6) is 0 Å². The lowest BCUT2D eigenvalue weighted by atomic mass is 10.2. The van der Waals surface area contributed by atoms with Gasteiger partial charge in [-0.05, 0) is 13.3 Å². The third-order valence-electron chi connectivity index (χ3n) is 3.39. The van der Waals surface area contributed by atoms with Gasteiger partial charge in [-0.1, -0.05) is 12.1 Å². The van der Waals surface area contributed by atoms with Gasteiger partial charge in [0.1, 0.15) is 5.82 Å². The lowest BCUT2D eigenvalue weighted by Gasteiger charge is -2.19. The topological polar surface area (TPSA) is 81.4 Å². The number of hydrogen-bond acceptors (Lipinski definition) is 6. The number of non-ortho nitro benzene ring substituents is 1. The molecule has 0 saturated carbocycles. The molecule has 2 rings (SSSR count). The summed E-state index contributed by atoms with van der Waals surface area (Å²) in [6.45, 7) is 3.37. The van der Waals surface area contributed by atoms with E-state index in [9.17, 15) is 10.1 Å². The second-order valence-corrected chi connectivity index (χ2v) is 5.27. The molecule has 0 fully saturated rings. The van der Waals surface area contributed by atoms with Crippen molar-refractivity contribution in [2.24, 2.45) is 0 Å². The van der Waals surface area contributed by atoms with E-state index in [1.807, 2.05) is 24.9 Å². The summed E-state index contributed by atoms with van der Waals surface area (Å²) in [5, 5.41) is 10.9. The maximum atomic E-state index is 10.9. The highest BCUT2D eigenvalue weighted by Crippen LogP contribution is 2.23. The zero-order chi connectivity index (χ0) is 16.8. The fourth-order valence-electron chi connectivity index (χ4n) is 2.20. The van der Waals surface area contributed by atoms with Crippen LogP contribution in [0.4, 0.5) is 11.5 Å².